The van der Waals surface area contributed by atoms with Crippen LogP contribution in [0.4, 0.5) is 0 Å². The quantitative estimate of drug-likeness (QED) is 0.124. The molecule has 3 heterocycles. The van der Waals surface area contributed by atoms with Crippen molar-refractivity contribution in [1.82, 2.24) is 19.9 Å². The maximum Gasteiger partial charge on any atom is 0.138 e. The largest absolute Gasteiger partial charge is 0.381 e. The topological polar surface area (TPSA) is 66.6 Å². The average molecular weight is 913 g/mol. The Morgan fingerprint density at radius 3 is 1.13 bits per heavy atom. The van der Waals surface area contributed by atoms with Crippen LogP contribution < -0.4 is 5.19 Å². The molecular weight excluding hydrogens is 856 g/mol. The number of aromatic amines is 2. The van der Waals surface area contributed by atoms with Gasteiger partial charge >= 0.3 is 0 Å². The van der Waals surface area contributed by atoms with Gasteiger partial charge in [-0.2, -0.15) is 11.1 Å². The fourth-order valence-electron chi connectivity index (χ4n) is 6.40. The molecule has 0 unspecified atom stereocenters. The summed E-state index contributed by atoms with van der Waals surface area (Å²) >= 11 is 8.89. The Labute approximate surface area is 373 Å². The molecule has 2 aromatic heterocycles. The Morgan fingerprint density at radius 1 is 0.483 bits per heavy atom. The van der Waals surface area contributed by atoms with Crippen LogP contribution in [0, 0.1) is 0 Å². The Balaban J connectivity index is 0.000000186. The van der Waals surface area contributed by atoms with Crippen LogP contribution in [0.15, 0.2) is 174 Å². The number of halogens is 2. The maximum atomic E-state index is 5.41. The molecular formula is C51H56BrClN4OSi2. The molecule has 9 rings (SSSR count). The van der Waals surface area contributed by atoms with E-state index in [1.807, 2.05) is 60.7 Å². The number of nitrogens with one attached hydrogen (secondary N) is 2. The van der Waals surface area contributed by atoms with E-state index in [-0.39, 0.29) is 7.43 Å². The Bertz CT molecular complexity index is 2300. The van der Waals surface area contributed by atoms with Crippen molar-refractivity contribution >= 4 is 49.1 Å². The van der Waals surface area contributed by atoms with Gasteiger partial charge in [-0.3, -0.25) is 0 Å². The lowest BCUT2D eigenvalue weighted by Crippen LogP contribution is -2.21. The first-order chi connectivity index (χ1) is 28.8. The van der Waals surface area contributed by atoms with E-state index in [0.717, 1.165) is 85.5 Å². The van der Waals surface area contributed by atoms with Crippen molar-refractivity contribution < 1.29 is 4.74 Å². The van der Waals surface area contributed by atoms with Crippen LogP contribution in [-0.4, -0.2) is 50.1 Å². The summed E-state index contributed by atoms with van der Waals surface area (Å²) in [7, 11) is -1.44. The van der Waals surface area contributed by atoms with Gasteiger partial charge in [0.25, 0.3) is 0 Å². The fourth-order valence-corrected chi connectivity index (χ4v) is 7.63. The molecule has 8 aromatic rings. The first kappa shape index (κ1) is 46.0. The van der Waals surface area contributed by atoms with Gasteiger partial charge in [-0.25, -0.2) is 9.97 Å². The number of aromatic nitrogens is 4. The minimum absolute atomic E-state index is 0. The molecule has 9 heteroatoms. The van der Waals surface area contributed by atoms with Crippen molar-refractivity contribution in [3.8, 4) is 67.8 Å². The number of benzene rings is 6. The van der Waals surface area contributed by atoms with Gasteiger partial charge in [0.1, 0.15) is 19.8 Å². The summed E-state index contributed by atoms with van der Waals surface area (Å²) in [6, 6.07) is 58.4. The van der Waals surface area contributed by atoms with Gasteiger partial charge in [0.05, 0.1) is 31.6 Å². The van der Waals surface area contributed by atoms with Crippen LogP contribution in [-0.2, 0) is 4.74 Å². The maximum absolute atomic E-state index is 5.41. The minimum atomic E-state index is -0.777. The minimum Gasteiger partial charge on any atom is -0.381 e. The van der Waals surface area contributed by atoms with Gasteiger partial charge in [0, 0.05) is 51.1 Å². The van der Waals surface area contributed by atoms with Crippen molar-refractivity contribution in [2.75, 3.05) is 13.2 Å². The van der Waals surface area contributed by atoms with E-state index >= 15 is 0 Å². The number of ether oxygens (including phenoxy) is 1. The average Bonchev–Trinajstić information content (AvgIpc) is 4.09. The highest BCUT2D eigenvalue weighted by Crippen LogP contribution is 2.34. The van der Waals surface area contributed by atoms with Gasteiger partial charge < -0.3 is 14.7 Å². The summed E-state index contributed by atoms with van der Waals surface area (Å²) in [5, 5.41) is 1.48. The van der Waals surface area contributed by atoms with Gasteiger partial charge in [-0.15, -0.1) is 0 Å². The van der Waals surface area contributed by atoms with E-state index in [9.17, 15) is 0 Å². The number of hydrogen-bond donors (Lipinski definition) is 2. The highest BCUT2D eigenvalue weighted by molar-refractivity contribution is 9.10. The molecule has 6 aromatic carbocycles. The molecule has 1 saturated heterocycles. The van der Waals surface area contributed by atoms with Gasteiger partial charge in [-0.1, -0.05) is 212 Å². The molecule has 1 aliphatic rings. The monoisotopic (exact) mass is 910 g/mol. The highest BCUT2D eigenvalue weighted by Gasteiger charge is 2.16. The van der Waals surface area contributed by atoms with Crippen molar-refractivity contribution in [2.45, 2.75) is 46.5 Å². The summed E-state index contributed by atoms with van der Waals surface area (Å²) < 4.78 is 6.00. The number of H-pyrrole nitrogens is 2. The van der Waals surface area contributed by atoms with E-state index in [1.165, 1.54) is 18.0 Å². The molecule has 0 amide bonds. The van der Waals surface area contributed by atoms with E-state index in [0.29, 0.717) is 0 Å². The van der Waals surface area contributed by atoms with Crippen molar-refractivity contribution in [3.05, 3.63) is 174 Å². The number of nitrogens with zero attached hydrogens (tertiary/aromatic N) is 2. The third-order valence-electron chi connectivity index (χ3n) is 9.42. The molecule has 1 fully saturated rings. The van der Waals surface area contributed by atoms with Crippen LogP contribution in [0.3, 0.4) is 0 Å². The number of hydrogen-bond acceptors (Lipinski definition) is 3. The Morgan fingerprint density at radius 2 is 0.817 bits per heavy atom. The molecule has 0 saturated carbocycles. The molecule has 1 aliphatic heterocycles. The van der Waals surface area contributed by atoms with Gasteiger partial charge in [0.2, 0.25) is 0 Å². The van der Waals surface area contributed by atoms with Crippen LogP contribution >= 0.6 is 27.0 Å². The van der Waals surface area contributed by atoms with Crippen molar-refractivity contribution in [2.24, 2.45) is 0 Å². The zero-order chi connectivity index (χ0) is 41.4. The van der Waals surface area contributed by atoms with Gasteiger partial charge in [-0.05, 0) is 25.0 Å². The third kappa shape index (κ3) is 13.2. The number of imidazole rings is 2. The second-order valence-corrected chi connectivity index (χ2v) is 23.2. The van der Waals surface area contributed by atoms with Crippen LogP contribution in [0.2, 0.25) is 26.2 Å². The second kappa shape index (κ2) is 23.6. The summed E-state index contributed by atoms with van der Waals surface area (Å²) in [6.07, 6.45) is 2.56. The van der Waals surface area contributed by atoms with Gasteiger partial charge in [0.15, 0.2) is 0 Å². The molecule has 0 radical (unpaired) electrons. The molecule has 0 atom stereocenters. The predicted octanol–water partition coefficient (Wildman–Crippen LogP) is 13.9. The van der Waals surface area contributed by atoms with Crippen LogP contribution in [0.25, 0.3) is 67.8 Å². The highest BCUT2D eigenvalue weighted by atomic mass is 79.9. The Hall–Kier alpha value is -5.10. The lowest BCUT2D eigenvalue weighted by atomic mass is 10.1. The van der Waals surface area contributed by atoms with E-state index < -0.39 is 16.9 Å². The molecule has 2 N–H and O–H groups in total. The van der Waals surface area contributed by atoms with Crippen LogP contribution in [0.5, 0.6) is 0 Å². The zero-order valence-electron chi connectivity index (χ0n) is 34.2. The first-order valence-electron chi connectivity index (χ1n) is 20.3. The second-order valence-electron chi connectivity index (χ2n) is 14.7. The number of rotatable bonds is 7. The zero-order valence-corrected chi connectivity index (χ0v) is 38.9. The Kier molecular flexibility index (Phi) is 18.1. The molecule has 0 bridgehead atoms. The molecule has 0 aliphatic carbocycles. The normalized spacial score (nSPS) is 11.7. The lowest BCUT2D eigenvalue weighted by Gasteiger charge is -2.04. The molecule has 0 spiro atoms. The molecule has 60 heavy (non-hydrogen) atoms. The van der Waals surface area contributed by atoms with E-state index in [2.05, 4.69) is 161 Å². The summed E-state index contributed by atoms with van der Waals surface area (Å²) in [5.74, 6) is 1.79. The first-order valence-corrected chi connectivity index (χ1v) is 28.0. The molecule has 308 valence electrons. The molecule has 5 nitrogen and oxygen atoms in total. The third-order valence-corrected chi connectivity index (χ3v) is 11.7. The van der Waals surface area contributed by atoms with E-state index in [1.54, 1.807) is 0 Å². The summed E-state index contributed by atoms with van der Waals surface area (Å²) in [6.45, 7) is 10.8. The van der Waals surface area contributed by atoms with Crippen molar-refractivity contribution in [1.29, 1.82) is 0 Å². The fraction of sp³-hybridized carbons (Fsp3) is 0.176. The SMILES string of the molecule is Brc1ccc(-c2nc(-c3ccccc3)c(-c3ccccc3)[nH]2)cc1.C.C1CCOC1.C[SiH](C)Cl.C[SiH](C)c1ccc(-c2nc(-c3ccccc3)c(-c3ccccc3)[nH]2)cc1. The summed E-state index contributed by atoms with van der Waals surface area (Å²) in [4.78, 5) is 16.9. The lowest BCUT2D eigenvalue weighted by molar-refractivity contribution is 0.198. The summed E-state index contributed by atoms with van der Waals surface area (Å²) in [5.41, 5.74) is 10.8. The smallest absolute Gasteiger partial charge is 0.138 e. The van der Waals surface area contributed by atoms with Crippen molar-refractivity contribution in [3.63, 3.8) is 0 Å². The van der Waals surface area contributed by atoms with Crippen LogP contribution in [0.1, 0.15) is 20.3 Å². The standard InChI is InChI=1S/C23H22N2Si.C21H15BrN2.C4H8O.C2H7ClSi.CH4/c1-26(2)20-15-13-19(14-16-20)23-24-21(17-9-5-3-6-10-17)22(25-23)18-11-7-4-8-12-18;22-18-13-11-17(12-14-18)21-23-19(15-7-3-1-4-8-15)20(24-21)16-9-5-2-6-10-16;1-2-4-5-3-1;1-4(2)3;/h3-16,26H,1-2H3,(H,24,25);1-14H,(H,23,24);1-4H2;4H,1-2H3;1H4. The predicted molar refractivity (Wildman–Crippen MR) is 268 cm³/mol. The van der Waals surface area contributed by atoms with E-state index in [4.69, 9.17) is 25.8 Å².